The average molecular weight is 381 g/mol. The van der Waals surface area contributed by atoms with E-state index in [0.717, 1.165) is 35.0 Å². The van der Waals surface area contributed by atoms with Crippen LogP contribution in [0.2, 0.25) is 0 Å². The molecule has 1 aliphatic heterocycles. The number of H-pyrrole nitrogens is 1. The van der Waals surface area contributed by atoms with E-state index in [0.29, 0.717) is 19.0 Å². The molecule has 28 heavy (non-hydrogen) atoms. The quantitative estimate of drug-likeness (QED) is 0.601. The third kappa shape index (κ3) is 3.35. The van der Waals surface area contributed by atoms with Crippen LogP contribution in [0.1, 0.15) is 49.7 Å². The molecule has 0 saturated carbocycles. The molecule has 1 aliphatic rings. The monoisotopic (exact) mass is 381 g/mol. The second-order valence-corrected chi connectivity index (χ2v) is 7.78. The summed E-state index contributed by atoms with van der Waals surface area (Å²) in [5.74, 6) is 0.137. The number of rotatable bonds is 3. The first kappa shape index (κ1) is 18.5. The number of benzene rings is 1. The summed E-state index contributed by atoms with van der Waals surface area (Å²) in [5, 5.41) is 10.3. The second kappa shape index (κ2) is 7.26. The number of piperidine rings is 1. The maximum Gasteiger partial charge on any atom is 0.407 e. The normalized spacial score (nSPS) is 15.5. The number of carboxylic acid groups (broad SMARTS) is 1. The van der Waals surface area contributed by atoms with E-state index < -0.39 is 12.0 Å². The molecule has 1 aromatic carbocycles. The largest absolute Gasteiger partial charge is 0.465 e. The molecule has 0 bridgehead atoms. The molecular weight excluding hydrogens is 357 g/mol. The Morgan fingerprint density at radius 2 is 2.00 bits per heavy atom. The van der Waals surface area contributed by atoms with Gasteiger partial charge in [0.25, 0.3) is 0 Å². The van der Waals surface area contributed by atoms with Crippen molar-refractivity contribution in [2.24, 2.45) is 0 Å². The Labute approximate surface area is 163 Å². The number of aromatic nitrogens is 2. The minimum Gasteiger partial charge on any atom is -0.465 e. The number of hydrogen-bond acceptors (Lipinski definition) is 2. The lowest BCUT2D eigenvalue weighted by molar-refractivity contribution is 0.132. The SMILES string of the molecule is CC(C)c1c(-c2ccnc(F)c2)[nH]c2ccc(C3CCN(C(=O)O)CC3)cc12. The Bertz CT molecular complexity index is 1020. The van der Waals surface area contributed by atoms with Gasteiger partial charge in [-0.2, -0.15) is 4.39 Å². The van der Waals surface area contributed by atoms with E-state index in [1.54, 1.807) is 0 Å². The van der Waals surface area contributed by atoms with Crippen LogP contribution in [0.25, 0.3) is 22.2 Å². The van der Waals surface area contributed by atoms with Crippen LogP contribution in [0.4, 0.5) is 9.18 Å². The lowest BCUT2D eigenvalue weighted by Crippen LogP contribution is -2.36. The summed E-state index contributed by atoms with van der Waals surface area (Å²) in [6.07, 6.45) is 2.32. The van der Waals surface area contributed by atoms with E-state index in [2.05, 4.69) is 42.0 Å². The zero-order chi connectivity index (χ0) is 19.8. The van der Waals surface area contributed by atoms with Gasteiger partial charge in [-0.1, -0.05) is 19.9 Å². The van der Waals surface area contributed by atoms with Gasteiger partial charge in [0.2, 0.25) is 5.95 Å². The number of halogens is 1. The van der Waals surface area contributed by atoms with Gasteiger partial charge in [-0.25, -0.2) is 9.78 Å². The van der Waals surface area contributed by atoms with Crippen molar-refractivity contribution < 1.29 is 14.3 Å². The Hall–Kier alpha value is -2.89. The van der Waals surface area contributed by atoms with Crippen molar-refractivity contribution >= 4 is 17.0 Å². The number of aromatic amines is 1. The summed E-state index contributed by atoms with van der Waals surface area (Å²) >= 11 is 0. The highest BCUT2D eigenvalue weighted by atomic mass is 19.1. The molecule has 146 valence electrons. The molecule has 1 fully saturated rings. The first-order valence-electron chi connectivity index (χ1n) is 9.69. The molecule has 2 aromatic heterocycles. The van der Waals surface area contributed by atoms with Crippen LogP contribution in [0.15, 0.2) is 36.5 Å². The molecule has 3 aromatic rings. The summed E-state index contributed by atoms with van der Waals surface area (Å²) in [4.78, 5) is 19.8. The molecule has 0 spiro atoms. The Balaban J connectivity index is 1.73. The molecule has 1 amide bonds. The minimum atomic E-state index is -0.837. The second-order valence-electron chi connectivity index (χ2n) is 7.78. The number of nitrogens with one attached hydrogen (secondary N) is 1. The zero-order valence-electron chi connectivity index (χ0n) is 16.1. The third-order valence-corrected chi connectivity index (χ3v) is 5.69. The van der Waals surface area contributed by atoms with Gasteiger partial charge in [0.1, 0.15) is 0 Å². The fourth-order valence-corrected chi connectivity index (χ4v) is 4.27. The number of pyridine rings is 1. The first-order valence-corrected chi connectivity index (χ1v) is 9.69. The highest BCUT2D eigenvalue weighted by molar-refractivity contribution is 5.92. The predicted octanol–water partition coefficient (Wildman–Crippen LogP) is 5.35. The highest BCUT2D eigenvalue weighted by Gasteiger charge is 2.24. The third-order valence-electron chi connectivity index (χ3n) is 5.69. The zero-order valence-corrected chi connectivity index (χ0v) is 16.1. The van der Waals surface area contributed by atoms with Crippen molar-refractivity contribution in [1.29, 1.82) is 0 Å². The Kier molecular flexibility index (Phi) is 4.79. The van der Waals surface area contributed by atoms with Crippen LogP contribution in [0, 0.1) is 5.95 Å². The number of likely N-dealkylation sites (tertiary alicyclic amines) is 1. The minimum absolute atomic E-state index is 0.268. The highest BCUT2D eigenvalue weighted by Crippen LogP contribution is 2.38. The number of carbonyl (C=O) groups is 1. The van der Waals surface area contributed by atoms with Gasteiger partial charge in [0, 0.05) is 41.8 Å². The standard InChI is InChI=1S/C22H24FN3O2/c1-13(2)20-17-11-15(14-6-9-26(10-7-14)22(27)28)3-4-18(17)25-21(20)16-5-8-24-19(23)12-16/h3-5,8,11-14,25H,6-7,9-10H2,1-2H3,(H,27,28). The molecule has 4 rings (SSSR count). The number of amides is 1. The summed E-state index contributed by atoms with van der Waals surface area (Å²) in [5.41, 5.74) is 5.17. The molecular formula is C22H24FN3O2. The summed E-state index contributed by atoms with van der Waals surface area (Å²) < 4.78 is 13.7. The fourth-order valence-electron chi connectivity index (χ4n) is 4.27. The van der Waals surface area contributed by atoms with E-state index in [1.165, 1.54) is 28.3 Å². The Morgan fingerprint density at radius 1 is 1.25 bits per heavy atom. The lowest BCUT2D eigenvalue weighted by atomic mass is 9.87. The lowest BCUT2D eigenvalue weighted by Gasteiger charge is -2.30. The van der Waals surface area contributed by atoms with E-state index in [9.17, 15) is 9.18 Å². The molecule has 0 atom stereocenters. The van der Waals surface area contributed by atoms with Crippen LogP contribution < -0.4 is 0 Å². The smallest absolute Gasteiger partial charge is 0.407 e. The van der Waals surface area contributed by atoms with Gasteiger partial charge >= 0.3 is 6.09 Å². The first-order chi connectivity index (χ1) is 13.4. The van der Waals surface area contributed by atoms with Crippen molar-refractivity contribution in [3.63, 3.8) is 0 Å². The van der Waals surface area contributed by atoms with E-state index in [-0.39, 0.29) is 5.92 Å². The van der Waals surface area contributed by atoms with Gasteiger partial charge in [-0.05, 0) is 54.0 Å². The molecule has 0 unspecified atom stereocenters. The van der Waals surface area contributed by atoms with Gasteiger partial charge in [0.05, 0.1) is 5.69 Å². The summed E-state index contributed by atoms with van der Waals surface area (Å²) in [7, 11) is 0. The van der Waals surface area contributed by atoms with Crippen molar-refractivity contribution in [2.45, 2.75) is 38.5 Å². The van der Waals surface area contributed by atoms with E-state index in [4.69, 9.17) is 5.11 Å². The average Bonchev–Trinajstić information content (AvgIpc) is 3.07. The van der Waals surface area contributed by atoms with Gasteiger partial charge in [-0.15, -0.1) is 0 Å². The van der Waals surface area contributed by atoms with Crippen molar-refractivity contribution in [1.82, 2.24) is 14.9 Å². The van der Waals surface area contributed by atoms with Gasteiger partial charge in [0.15, 0.2) is 0 Å². The van der Waals surface area contributed by atoms with Gasteiger partial charge in [-0.3, -0.25) is 0 Å². The predicted molar refractivity (Wildman–Crippen MR) is 107 cm³/mol. The van der Waals surface area contributed by atoms with Crippen LogP contribution in [0.3, 0.4) is 0 Å². The van der Waals surface area contributed by atoms with E-state index in [1.807, 2.05) is 6.07 Å². The number of nitrogens with zero attached hydrogens (tertiary/aromatic N) is 2. The van der Waals surface area contributed by atoms with Crippen molar-refractivity contribution in [3.8, 4) is 11.3 Å². The Morgan fingerprint density at radius 3 is 2.64 bits per heavy atom. The fraction of sp³-hybridized carbons (Fsp3) is 0.364. The van der Waals surface area contributed by atoms with Crippen molar-refractivity contribution in [2.75, 3.05) is 13.1 Å². The summed E-state index contributed by atoms with van der Waals surface area (Å²) in [6.45, 7) is 5.43. The van der Waals surface area contributed by atoms with Crippen LogP contribution in [0.5, 0.6) is 0 Å². The summed E-state index contributed by atoms with van der Waals surface area (Å²) in [6, 6.07) is 9.72. The van der Waals surface area contributed by atoms with E-state index >= 15 is 0 Å². The molecule has 6 heteroatoms. The molecule has 2 N–H and O–H groups in total. The molecule has 1 saturated heterocycles. The topological polar surface area (TPSA) is 69.2 Å². The maximum atomic E-state index is 13.7. The van der Waals surface area contributed by atoms with Gasteiger partial charge < -0.3 is 15.0 Å². The molecule has 3 heterocycles. The number of fused-ring (bicyclic) bond motifs is 1. The maximum absolute atomic E-state index is 13.7. The number of hydrogen-bond donors (Lipinski definition) is 2. The van der Waals surface area contributed by atoms with Crippen LogP contribution >= 0.6 is 0 Å². The van der Waals surface area contributed by atoms with Crippen LogP contribution in [-0.4, -0.2) is 39.2 Å². The van der Waals surface area contributed by atoms with Crippen molar-refractivity contribution in [3.05, 3.63) is 53.6 Å². The molecule has 0 aliphatic carbocycles. The van der Waals surface area contributed by atoms with Crippen LogP contribution in [-0.2, 0) is 0 Å². The molecule has 5 nitrogen and oxygen atoms in total. The molecule has 0 radical (unpaired) electrons.